The zero-order valence-corrected chi connectivity index (χ0v) is 10.1. The monoisotopic (exact) mass is 248 g/mol. The summed E-state index contributed by atoms with van der Waals surface area (Å²) in [4.78, 5) is 11.5. The van der Waals surface area contributed by atoms with Crippen molar-refractivity contribution in [3.63, 3.8) is 0 Å². The molecule has 2 aliphatic rings. The first-order valence-electron chi connectivity index (χ1n) is 6.24. The molecule has 2 atom stereocenters. The Kier molecular flexibility index (Phi) is 2.74. The van der Waals surface area contributed by atoms with Gasteiger partial charge in [0.15, 0.2) is 0 Å². The van der Waals surface area contributed by atoms with Crippen molar-refractivity contribution in [2.75, 3.05) is 19.8 Å². The maximum atomic E-state index is 11.5. The summed E-state index contributed by atoms with van der Waals surface area (Å²) >= 11 is 0. The Morgan fingerprint density at radius 3 is 3.00 bits per heavy atom. The predicted octanol–water partition coefficient (Wildman–Crippen LogP) is 2.04. The van der Waals surface area contributed by atoms with E-state index in [4.69, 9.17) is 9.47 Å². The molecule has 1 saturated heterocycles. The van der Waals surface area contributed by atoms with Gasteiger partial charge < -0.3 is 14.6 Å². The highest BCUT2D eigenvalue weighted by molar-refractivity contribution is 5.75. The average molecular weight is 248 g/mol. The smallest absolute Gasteiger partial charge is 0.312 e. The van der Waals surface area contributed by atoms with Gasteiger partial charge in [0, 0.05) is 18.1 Å². The summed E-state index contributed by atoms with van der Waals surface area (Å²) in [6, 6.07) is 7.87. The molecule has 1 aromatic rings. The second kappa shape index (κ2) is 4.28. The normalized spacial score (nSPS) is 29.9. The molecule has 1 aromatic carbocycles. The minimum absolute atomic E-state index is 0.166. The number of fused-ring (bicyclic) bond motifs is 1. The molecule has 2 heterocycles. The Hall–Kier alpha value is -1.55. The fourth-order valence-corrected chi connectivity index (χ4v) is 2.89. The molecule has 0 amide bonds. The highest BCUT2D eigenvalue weighted by Gasteiger charge is 2.45. The molecule has 4 heteroatoms. The fraction of sp³-hybridized carbons (Fsp3) is 0.500. The second-order valence-corrected chi connectivity index (χ2v) is 5.14. The van der Waals surface area contributed by atoms with Crippen LogP contribution >= 0.6 is 0 Å². The van der Waals surface area contributed by atoms with E-state index in [-0.39, 0.29) is 5.92 Å². The first kappa shape index (κ1) is 11.5. The number of carboxylic acids is 1. The van der Waals surface area contributed by atoms with Gasteiger partial charge in [-0.2, -0.15) is 0 Å². The van der Waals surface area contributed by atoms with Crippen molar-refractivity contribution in [3.05, 3.63) is 29.8 Å². The Balaban J connectivity index is 1.83. The van der Waals surface area contributed by atoms with Gasteiger partial charge >= 0.3 is 5.97 Å². The van der Waals surface area contributed by atoms with Crippen LogP contribution in [0.25, 0.3) is 0 Å². The lowest BCUT2D eigenvalue weighted by Crippen LogP contribution is -2.33. The van der Waals surface area contributed by atoms with Crippen molar-refractivity contribution in [2.45, 2.75) is 18.8 Å². The Morgan fingerprint density at radius 1 is 1.44 bits per heavy atom. The zero-order valence-electron chi connectivity index (χ0n) is 10.1. The Bertz CT molecular complexity index is 463. The van der Waals surface area contributed by atoms with Crippen molar-refractivity contribution in [1.82, 2.24) is 0 Å². The molecule has 2 unspecified atom stereocenters. The summed E-state index contributed by atoms with van der Waals surface area (Å²) in [5.74, 6) is 0.310. The summed E-state index contributed by atoms with van der Waals surface area (Å²) in [6.07, 6.45) is 1.19. The number of aliphatic carboxylic acids is 1. The van der Waals surface area contributed by atoms with Crippen LogP contribution in [-0.2, 0) is 9.53 Å². The van der Waals surface area contributed by atoms with E-state index in [0.29, 0.717) is 32.7 Å². The van der Waals surface area contributed by atoms with Crippen LogP contribution in [-0.4, -0.2) is 30.9 Å². The molecule has 3 rings (SSSR count). The number of carbonyl (C=O) groups is 1. The number of rotatable bonds is 3. The Labute approximate surface area is 106 Å². The first-order chi connectivity index (χ1) is 8.71. The van der Waals surface area contributed by atoms with Gasteiger partial charge in [0.05, 0.1) is 18.6 Å². The lowest BCUT2D eigenvalue weighted by atomic mass is 9.77. The van der Waals surface area contributed by atoms with Crippen LogP contribution in [0.2, 0.25) is 0 Å². The van der Waals surface area contributed by atoms with Crippen LogP contribution in [0, 0.1) is 5.41 Å². The third kappa shape index (κ3) is 1.77. The van der Waals surface area contributed by atoms with Gasteiger partial charge in [-0.15, -0.1) is 0 Å². The number of para-hydroxylation sites is 1. The summed E-state index contributed by atoms with van der Waals surface area (Å²) in [7, 11) is 0. The third-order valence-electron chi connectivity index (χ3n) is 3.99. The van der Waals surface area contributed by atoms with E-state index in [1.54, 1.807) is 0 Å². The predicted molar refractivity (Wildman–Crippen MR) is 64.8 cm³/mol. The summed E-state index contributed by atoms with van der Waals surface area (Å²) in [5.41, 5.74) is 0.399. The van der Waals surface area contributed by atoms with Crippen molar-refractivity contribution < 1.29 is 19.4 Å². The molecule has 0 bridgehead atoms. The van der Waals surface area contributed by atoms with Crippen molar-refractivity contribution in [1.29, 1.82) is 0 Å². The van der Waals surface area contributed by atoms with Gasteiger partial charge in [-0.05, 0) is 18.9 Å². The highest BCUT2D eigenvalue weighted by Crippen LogP contribution is 2.44. The molecule has 0 aromatic heterocycles. The molecule has 4 nitrogen and oxygen atoms in total. The largest absolute Gasteiger partial charge is 0.493 e. The fourth-order valence-electron chi connectivity index (χ4n) is 2.89. The zero-order chi connectivity index (χ0) is 12.6. The number of benzene rings is 1. The van der Waals surface area contributed by atoms with Crippen LogP contribution in [0.5, 0.6) is 5.75 Å². The van der Waals surface area contributed by atoms with E-state index in [2.05, 4.69) is 0 Å². The van der Waals surface area contributed by atoms with Gasteiger partial charge in [-0.25, -0.2) is 0 Å². The van der Waals surface area contributed by atoms with Crippen LogP contribution < -0.4 is 4.74 Å². The molecule has 0 radical (unpaired) electrons. The number of carboxylic acid groups (broad SMARTS) is 1. The number of hydrogen-bond donors (Lipinski definition) is 1. The topological polar surface area (TPSA) is 55.8 Å². The summed E-state index contributed by atoms with van der Waals surface area (Å²) in [5, 5.41) is 9.45. The van der Waals surface area contributed by atoms with E-state index >= 15 is 0 Å². The van der Waals surface area contributed by atoms with Crippen LogP contribution in [0.4, 0.5) is 0 Å². The first-order valence-corrected chi connectivity index (χ1v) is 6.24. The second-order valence-electron chi connectivity index (χ2n) is 5.14. The van der Waals surface area contributed by atoms with Crippen molar-refractivity contribution in [3.8, 4) is 5.75 Å². The molecular weight excluding hydrogens is 232 g/mol. The lowest BCUT2D eigenvalue weighted by molar-refractivity contribution is -0.149. The van der Waals surface area contributed by atoms with E-state index in [1.807, 2.05) is 24.3 Å². The van der Waals surface area contributed by atoms with E-state index < -0.39 is 11.4 Å². The molecule has 1 fully saturated rings. The van der Waals surface area contributed by atoms with Crippen LogP contribution in [0.1, 0.15) is 24.3 Å². The standard InChI is InChI=1S/C14H16O4/c15-13(16)14(5-6-17-9-14)7-10-8-18-12-4-2-1-3-11(10)12/h1-4,10H,5-9H2,(H,15,16). The number of ether oxygens (including phenoxy) is 2. The molecule has 1 N–H and O–H groups in total. The Morgan fingerprint density at radius 2 is 2.28 bits per heavy atom. The highest BCUT2D eigenvalue weighted by atomic mass is 16.5. The molecule has 96 valence electrons. The van der Waals surface area contributed by atoms with E-state index in [1.165, 1.54) is 0 Å². The van der Waals surface area contributed by atoms with E-state index in [9.17, 15) is 9.90 Å². The minimum atomic E-state index is -0.746. The van der Waals surface area contributed by atoms with Gasteiger partial charge in [-0.1, -0.05) is 18.2 Å². The molecule has 18 heavy (non-hydrogen) atoms. The van der Waals surface area contributed by atoms with Crippen LogP contribution in [0.15, 0.2) is 24.3 Å². The molecule has 0 saturated carbocycles. The minimum Gasteiger partial charge on any atom is -0.493 e. The maximum Gasteiger partial charge on any atom is 0.312 e. The SMILES string of the molecule is O=C(O)C1(CC2COc3ccccc32)CCOC1. The van der Waals surface area contributed by atoms with Gasteiger partial charge in [0.25, 0.3) is 0 Å². The van der Waals surface area contributed by atoms with Gasteiger partial charge in [0.1, 0.15) is 5.75 Å². The summed E-state index contributed by atoms with van der Waals surface area (Å²) < 4.78 is 10.9. The maximum absolute atomic E-state index is 11.5. The third-order valence-corrected chi connectivity index (χ3v) is 3.99. The summed E-state index contributed by atoms with van der Waals surface area (Å²) in [6.45, 7) is 1.44. The molecule has 0 aliphatic carbocycles. The van der Waals surface area contributed by atoms with E-state index in [0.717, 1.165) is 11.3 Å². The van der Waals surface area contributed by atoms with Gasteiger partial charge in [0.2, 0.25) is 0 Å². The van der Waals surface area contributed by atoms with Crippen LogP contribution in [0.3, 0.4) is 0 Å². The quantitative estimate of drug-likeness (QED) is 0.889. The van der Waals surface area contributed by atoms with Gasteiger partial charge in [-0.3, -0.25) is 4.79 Å². The van der Waals surface area contributed by atoms with Crippen molar-refractivity contribution in [2.24, 2.45) is 5.41 Å². The lowest BCUT2D eigenvalue weighted by Gasteiger charge is -2.25. The molecular formula is C14H16O4. The van der Waals surface area contributed by atoms with Crippen molar-refractivity contribution >= 4 is 5.97 Å². The average Bonchev–Trinajstić information content (AvgIpc) is 2.99. The molecule has 0 spiro atoms. The number of hydrogen-bond acceptors (Lipinski definition) is 3. The molecule has 2 aliphatic heterocycles.